The van der Waals surface area contributed by atoms with Gasteiger partial charge in [-0.1, -0.05) is 12.1 Å². The zero-order chi connectivity index (χ0) is 18.7. The number of carboxylic acid groups (broad SMARTS) is 1. The molecule has 132 valence electrons. The summed E-state index contributed by atoms with van der Waals surface area (Å²) >= 11 is 0. The Morgan fingerprint density at radius 1 is 1.12 bits per heavy atom. The molecule has 0 aliphatic carbocycles. The lowest BCUT2D eigenvalue weighted by atomic mass is 10.1. The van der Waals surface area contributed by atoms with Crippen LogP contribution in [-0.2, 0) is 16.0 Å². The summed E-state index contributed by atoms with van der Waals surface area (Å²) in [6, 6.07) is 12.2. The molecule has 6 nitrogen and oxygen atoms in total. The highest BCUT2D eigenvalue weighted by atomic mass is 16.4. The van der Waals surface area contributed by atoms with Crippen molar-refractivity contribution in [2.75, 3.05) is 16.8 Å². The van der Waals surface area contributed by atoms with Gasteiger partial charge in [-0.05, 0) is 54.0 Å². The van der Waals surface area contributed by atoms with Gasteiger partial charge in [0.2, 0.25) is 5.91 Å². The normalized spacial score (nSPS) is 12.9. The van der Waals surface area contributed by atoms with Crippen molar-refractivity contribution in [3.63, 3.8) is 0 Å². The highest BCUT2D eigenvalue weighted by molar-refractivity contribution is 6.05. The molecule has 0 atom stereocenters. The van der Waals surface area contributed by atoms with E-state index >= 15 is 0 Å². The number of anilines is 2. The summed E-state index contributed by atoms with van der Waals surface area (Å²) in [4.78, 5) is 36.3. The molecular weight excluding hydrogens is 332 g/mol. The van der Waals surface area contributed by atoms with Gasteiger partial charge in [-0.2, -0.15) is 0 Å². The van der Waals surface area contributed by atoms with Gasteiger partial charge < -0.3 is 15.3 Å². The van der Waals surface area contributed by atoms with Crippen LogP contribution in [0.15, 0.2) is 48.5 Å². The first-order chi connectivity index (χ1) is 12.4. The second-order valence-electron chi connectivity index (χ2n) is 6.01. The Kier molecular flexibility index (Phi) is 4.84. The van der Waals surface area contributed by atoms with Crippen molar-refractivity contribution >= 4 is 35.2 Å². The third-order valence-corrected chi connectivity index (χ3v) is 4.20. The molecule has 2 aromatic carbocycles. The average Bonchev–Trinajstić information content (AvgIpc) is 3.04. The summed E-state index contributed by atoms with van der Waals surface area (Å²) in [5.74, 6) is -1.25. The summed E-state index contributed by atoms with van der Waals surface area (Å²) in [6.07, 6.45) is 3.28. The molecule has 0 bridgehead atoms. The summed E-state index contributed by atoms with van der Waals surface area (Å²) in [6.45, 7) is 2.17. The van der Waals surface area contributed by atoms with Crippen LogP contribution in [0.1, 0.15) is 28.4 Å². The van der Waals surface area contributed by atoms with Gasteiger partial charge >= 0.3 is 5.97 Å². The molecule has 2 amide bonds. The highest BCUT2D eigenvalue weighted by Crippen LogP contribution is 2.29. The van der Waals surface area contributed by atoms with Crippen molar-refractivity contribution in [2.45, 2.75) is 13.3 Å². The molecule has 1 aliphatic heterocycles. The van der Waals surface area contributed by atoms with E-state index < -0.39 is 5.97 Å². The molecule has 0 unspecified atom stereocenters. The molecule has 6 heteroatoms. The minimum atomic E-state index is -1.01. The van der Waals surface area contributed by atoms with Crippen LogP contribution in [0.4, 0.5) is 11.4 Å². The number of rotatable bonds is 4. The first-order valence-electron chi connectivity index (χ1n) is 8.17. The maximum Gasteiger partial charge on any atom is 0.328 e. The number of nitrogens with zero attached hydrogens (tertiary/aromatic N) is 1. The van der Waals surface area contributed by atoms with Gasteiger partial charge in [-0.3, -0.25) is 9.59 Å². The molecule has 0 radical (unpaired) electrons. The van der Waals surface area contributed by atoms with Gasteiger partial charge in [0.05, 0.1) is 0 Å². The van der Waals surface area contributed by atoms with Gasteiger partial charge in [0.15, 0.2) is 0 Å². The Balaban J connectivity index is 1.71. The largest absolute Gasteiger partial charge is 0.478 e. The molecule has 0 fully saturated rings. The molecule has 26 heavy (non-hydrogen) atoms. The molecule has 1 aliphatic rings. The van der Waals surface area contributed by atoms with Gasteiger partial charge in [-0.15, -0.1) is 0 Å². The SMILES string of the molecule is CC(=O)N1CCc2cc(C(=O)Nc3ccc(/C=C/C(=O)O)cc3)ccc21. The van der Waals surface area contributed by atoms with Gasteiger partial charge in [0.25, 0.3) is 5.91 Å². The smallest absolute Gasteiger partial charge is 0.328 e. The highest BCUT2D eigenvalue weighted by Gasteiger charge is 2.23. The van der Waals surface area contributed by atoms with Crippen LogP contribution in [0.5, 0.6) is 0 Å². The number of benzene rings is 2. The zero-order valence-corrected chi connectivity index (χ0v) is 14.2. The maximum atomic E-state index is 12.4. The molecule has 0 aromatic heterocycles. The lowest BCUT2D eigenvalue weighted by Gasteiger charge is -2.14. The fourth-order valence-electron chi connectivity index (χ4n) is 2.92. The number of aliphatic carboxylic acids is 1. The molecule has 0 saturated heterocycles. The molecule has 1 heterocycles. The predicted molar refractivity (Wildman–Crippen MR) is 99.2 cm³/mol. The summed E-state index contributed by atoms with van der Waals surface area (Å²) in [5.41, 5.74) is 3.73. The third kappa shape index (κ3) is 3.80. The minimum absolute atomic E-state index is 0.00186. The zero-order valence-electron chi connectivity index (χ0n) is 14.2. The van der Waals surface area contributed by atoms with Crippen LogP contribution < -0.4 is 10.2 Å². The van der Waals surface area contributed by atoms with E-state index in [-0.39, 0.29) is 11.8 Å². The maximum absolute atomic E-state index is 12.4. The summed E-state index contributed by atoms with van der Waals surface area (Å²) in [5, 5.41) is 11.4. The number of fused-ring (bicyclic) bond motifs is 1. The molecule has 0 spiro atoms. The minimum Gasteiger partial charge on any atom is -0.478 e. The Bertz CT molecular complexity index is 901. The standard InChI is InChI=1S/C20H18N2O4/c1-13(23)22-11-10-15-12-16(5-8-18(15)22)20(26)21-17-6-2-14(3-7-17)4-9-19(24)25/h2-9,12H,10-11H2,1H3,(H,21,26)(H,24,25)/b9-4+. The first kappa shape index (κ1) is 17.4. The van der Waals surface area contributed by atoms with E-state index in [1.807, 2.05) is 6.07 Å². The molecule has 2 aromatic rings. The van der Waals surface area contributed by atoms with Crippen molar-refractivity contribution in [1.29, 1.82) is 0 Å². The average molecular weight is 350 g/mol. The summed E-state index contributed by atoms with van der Waals surface area (Å²) in [7, 11) is 0. The Morgan fingerprint density at radius 3 is 2.50 bits per heavy atom. The van der Waals surface area contributed by atoms with Gasteiger partial charge in [0, 0.05) is 36.5 Å². The molecule has 3 rings (SSSR count). The van der Waals surface area contributed by atoms with E-state index in [0.717, 1.165) is 29.3 Å². The van der Waals surface area contributed by atoms with Crippen LogP contribution in [0.2, 0.25) is 0 Å². The van der Waals surface area contributed by atoms with E-state index in [2.05, 4.69) is 5.32 Å². The van der Waals surface area contributed by atoms with Crippen molar-refractivity contribution in [3.05, 3.63) is 65.2 Å². The van der Waals surface area contributed by atoms with Crippen molar-refractivity contribution in [3.8, 4) is 0 Å². The van der Waals surface area contributed by atoms with Crippen molar-refractivity contribution in [2.24, 2.45) is 0 Å². The van der Waals surface area contributed by atoms with E-state index in [1.165, 1.54) is 13.0 Å². The van der Waals surface area contributed by atoms with Gasteiger partial charge in [0.1, 0.15) is 0 Å². The topological polar surface area (TPSA) is 86.7 Å². The number of hydrogen-bond acceptors (Lipinski definition) is 3. The van der Waals surface area contributed by atoms with Crippen molar-refractivity contribution < 1.29 is 19.5 Å². The first-order valence-corrected chi connectivity index (χ1v) is 8.17. The quantitative estimate of drug-likeness (QED) is 0.830. The molecule has 0 saturated carbocycles. The van der Waals surface area contributed by atoms with Crippen LogP contribution in [0.3, 0.4) is 0 Å². The van der Waals surface area contributed by atoms with Crippen LogP contribution in [-0.4, -0.2) is 29.4 Å². The predicted octanol–water partition coefficient (Wildman–Crippen LogP) is 2.95. The van der Waals surface area contributed by atoms with Crippen molar-refractivity contribution in [1.82, 2.24) is 0 Å². The number of hydrogen-bond donors (Lipinski definition) is 2. The lowest BCUT2D eigenvalue weighted by Crippen LogP contribution is -2.25. The number of carboxylic acids is 1. The second-order valence-corrected chi connectivity index (χ2v) is 6.01. The lowest BCUT2D eigenvalue weighted by molar-refractivity contribution is -0.131. The van der Waals surface area contributed by atoms with E-state index in [9.17, 15) is 14.4 Å². The van der Waals surface area contributed by atoms with Crippen LogP contribution >= 0.6 is 0 Å². The fraction of sp³-hybridized carbons (Fsp3) is 0.150. The second kappa shape index (κ2) is 7.23. The van der Waals surface area contributed by atoms with E-state index in [4.69, 9.17) is 5.11 Å². The van der Waals surface area contributed by atoms with E-state index in [1.54, 1.807) is 41.3 Å². The summed E-state index contributed by atoms with van der Waals surface area (Å²) < 4.78 is 0. The van der Waals surface area contributed by atoms with Crippen LogP contribution in [0.25, 0.3) is 6.08 Å². The number of carbonyl (C=O) groups excluding carboxylic acids is 2. The molecular formula is C20H18N2O4. The number of carbonyl (C=O) groups is 3. The third-order valence-electron chi connectivity index (χ3n) is 4.20. The monoisotopic (exact) mass is 350 g/mol. The van der Waals surface area contributed by atoms with E-state index in [0.29, 0.717) is 17.8 Å². The Morgan fingerprint density at radius 2 is 1.85 bits per heavy atom. The Labute approximate surface area is 150 Å². The molecule has 2 N–H and O–H groups in total. The van der Waals surface area contributed by atoms with Gasteiger partial charge in [-0.25, -0.2) is 4.79 Å². The number of amides is 2. The fourth-order valence-corrected chi connectivity index (χ4v) is 2.92. The number of nitrogens with one attached hydrogen (secondary N) is 1. The Hall–Kier alpha value is -3.41. The van der Waals surface area contributed by atoms with Crippen LogP contribution in [0, 0.1) is 0 Å².